The Balaban J connectivity index is 2.88. The lowest BCUT2D eigenvalue weighted by molar-refractivity contribution is -0.140. The van der Waals surface area contributed by atoms with Crippen molar-refractivity contribution < 1.29 is 19.4 Å². The number of aliphatic carboxylic acids is 1. The highest BCUT2D eigenvalue weighted by Crippen LogP contribution is 2.06. The fraction of sp³-hybridized carbons (Fsp3) is 0.375. The van der Waals surface area contributed by atoms with Crippen LogP contribution in [0, 0.1) is 0 Å². The summed E-state index contributed by atoms with van der Waals surface area (Å²) in [4.78, 5) is 21.5. The lowest BCUT2D eigenvalue weighted by Crippen LogP contribution is -2.16. The summed E-state index contributed by atoms with van der Waals surface area (Å²) in [5.74, 6) is -1.59. The molecular weight excluding hydrogens is 188 g/mol. The summed E-state index contributed by atoms with van der Waals surface area (Å²) in [6.45, 7) is 1.47. The monoisotopic (exact) mass is 198 g/mol. The predicted octanol–water partition coefficient (Wildman–Crippen LogP) is 0.315. The predicted molar refractivity (Wildman–Crippen MR) is 45.9 cm³/mol. The van der Waals surface area contributed by atoms with E-state index in [1.165, 1.54) is 31.0 Å². The summed E-state index contributed by atoms with van der Waals surface area (Å²) in [7, 11) is 1.24. The van der Waals surface area contributed by atoms with Gasteiger partial charge in [-0.15, -0.1) is 0 Å². The number of aromatic nitrogens is 2. The van der Waals surface area contributed by atoms with Crippen molar-refractivity contribution in [2.75, 3.05) is 7.11 Å². The van der Waals surface area contributed by atoms with E-state index in [1.807, 2.05) is 0 Å². The molecule has 1 unspecified atom stereocenters. The van der Waals surface area contributed by atoms with E-state index in [0.717, 1.165) is 0 Å². The topological polar surface area (TPSA) is 81.4 Å². The first-order valence-electron chi connectivity index (χ1n) is 3.92. The van der Waals surface area contributed by atoms with Gasteiger partial charge < -0.3 is 9.84 Å². The van der Waals surface area contributed by atoms with Crippen LogP contribution in [0.3, 0.4) is 0 Å². The second kappa shape index (κ2) is 3.91. The number of esters is 1. The number of hydrogen-bond acceptors (Lipinski definition) is 4. The molecule has 1 aromatic rings. The highest BCUT2D eigenvalue weighted by Gasteiger charge is 2.16. The largest absolute Gasteiger partial charge is 0.480 e. The van der Waals surface area contributed by atoms with Crippen molar-refractivity contribution in [1.82, 2.24) is 9.78 Å². The summed E-state index contributed by atoms with van der Waals surface area (Å²) in [6.07, 6.45) is 1.42. The van der Waals surface area contributed by atoms with E-state index in [9.17, 15) is 9.59 Å². The molecule has 1 heterocycles. The van der Waals surface area contributed by atoms with Crippen LogP contribution in [-0.2, 0) is 9.53 Å². The third-order valence-corrected chi connectivity index (χ3v) is 1.76. The van der Waals surface area contributed by atoms with Crippen molar-refractivity contribution >= 4 is 11.9 Å². The summed E-state index contributed by atoms with van der Waals surface area (Å²) in [5.41, 5.74) is 0.0978. The Kier molecular flexibility index (Phi) is 2.85. The maximum atomic E-state index is 11.0. The number of methoxy groups -OCH3 is 1. The molecule has 76 valence electrons. The third-order valence-electron chi connectivity index (χ3n) is 1.76. The molecule has 0 aliphatic rings. The molecule has 0 bridgehead atoms. The first-order chi connectivity index (χ1) is 6.56. The van der Waals surface area contributed by atoms with Gasteiger partial charge in [0.25, 0.3) is 0 Å². The Hall–Kier alpha value is -1.85. The fourth-order valence-corrected chi connectivity index (χ4v) is 0.880. The molecule has 0 saturated heterocycles. The van der Waals surface area contributed by atoms with Gasteiger partial charge in [-0.3, -0.25) is 4.68 Å². The molecule has 14 heavy (non-hydrogen) atoms. The van der Waals surface area contributed by atoms with Gasteiger partial charge in [0.05, 0.1) is 7.11 Å². The molecule has 0 aliphatic heterocycles. The molecule has 0 fully saturated rings. The second-order valence-electron chi connectivity index (χ2n) is 2.69. The lowest BCUT2D eigenvalue weighted by Gasteiger charge is -2.05. The van der Waals surface area contributed by atoms with Crippen molar-refractivity contribution in [2.24, 2.45) is 0 Å². The molecule has 1 N–H and O–H groups in total. The second-order valence-corrected chi connectivity index (χ2v) is 2.69. The van der Waals surface area contributed by atoms with Crippen molar-refractivity contribution in [2.45, 2.75) is 13.0 Å². The van der Waals surface area contributed by atoms with Crippen LogP contribution >= 0.6 is 0 Å². The van der Waals surface area contributed by atoms with Crippen molar-refractivity contribution in [3.63, 3.8) is 0 Å². The van der Waals surface area contributed by atoms with Crippen LogP contribution in [-0.4, -0.2) is 33.9 Å². The summed E-state index contributed by atoms with van der Waals surface area (Å²) < 4.78 is 5.62. The van der Waals surface area contributed by atoms with Gasteiger partial charge in [-0.05, 0) is 13.0 Å². The maximum Gasteiger partial charge on any atom is 0.358 e. The molecule has 1 aromatic heterocycles. The van der Waals surface area contributed by atoms with E-state index < -0.39 is 18.0 Å². The lowest BCUT2D eigenvalue weighted by atomic mass is 10.4. The van der Waals surface area contributed by atoms with Gasteiger partial charge in [0.15, 0.2) is 5.69 Å². The van der Waals surface area contributed by atoms with Crippen LogP contribution in [0.15, 0.2) is 12.3 Å². The molecule has 1 rings (SSSR count). The van der Waals surface area contributed by atoms with Gasteiger partial charge in [-0.1, -0.05) is 0 Å². The molecule has 0 saturated carbocycles. The average Bonchev–Trinajstić information content (AvgIpc) is 2.64. The van der Waals surface area contributed by atoms with Gasteiger partial charge >= 0.3 is 11.9 Å². The van der Waals surface area contributed by atoms with Crippen LogP contribution in [0.4, 0.5) is 0 Å². The minimum atomic E-state index is -1.01. The molecule has 0 aromatic carbocycles. The summed E-state index contributed by atoms with van der Waals surface area (Å²) in [6, 6.07) is 0.610. The quantitative estimate of drug-likeness (QED) is 0.707. The van der Waals surface area contributed by atoms with Gasteiger partial charge in [-0.25, -0.2) is 9.59 Å². The van der Waals surface area contributed by atoms with Crippen molar-refractivity contribution in [3.05, 3.63) is 18.0 Å². The zero-order valence-corrected chi connectivity index (χ0v) is 7.80. The Morgan fingerprint density at radius 3 is 2.79 bits per heavy atom. The smallest absolute Gasteiger partial charge is 0.358 e. The zero-order valence-electron chi connectivity index (χ0n) is 7.80. The number of ether oxygens (including phenoxy) is 1. The maximum absolute atomic E-state index is 11.0. The van der Waals surface area contributed by atoms with Gasteiger partial charge in [0, 0.05) is 6.20 Å². The molecule has 0 spiro atoms. The normalized spacial score (nSPS) is 12.1. The van der Waals surface area contributed by atoms with E-state index in [1.54, 1.807) is 0 Å². The standard InChI is InChI=1S/C8H10N2O4/c1-5(7(11)12)10-4-3-6(9-10)8(13)14-2/h3-5H,1-2H3,(H,11,12). The first kappa shape index (κ1) is 10.2. The SMILES string of the molecule is COC(=O)c1ccn(C(C)C(=O)O)n1. The molecule has 6 heteroatoms. The highest BCUT2D eigenvalue weighted by atomic mass is 16.5. The molecule has 6 nitrogen and oxygen atoms in total. The van der Waals surface area contributed by atoms with E-state index in [-0.39, 0.29) is 5.69 Å². The third kappa shape index (κ3) is 1.90. The van der Waals surface area contributed by atoms with E-state index in [2.05, 4.69) is 9.84 Å². The first-order valence-corrected chi connectivity index (χ1v) is 3.92. The number of nitrogens with zero attached hydrogens (tertiary/aromatic N) is 2. The molecular formula is C8H10N2O4. The Labute approximate surface area is 80.1 Å². The van der Waals surface area contributed by atoms with Crippen LogP contribution in [0.2, 0.25) is 0 Å². The molecule has 0 radical (unpaired) electrons. The van der Waals surface area contributed by atoms with Crippen LogP contribution in [0.1, 0.15) is 23.5 Å². The fourth-order valence-electron chi connectivity index (χ4n) is 0.880. The molecule has 1 atom stereocenters. The number of hydrogen-bond donors (Lipinski definition) is 1. The number of carboxylic acid groups (broad SMARTS) is 1. The molecule has 0 aliphatic carbocycles. The van der Waals surface area contributed by atoms with Crippen LogP contribution in [0.5, 0.6) is 0 Å². The van der Waals surface area contributed by atoms with E-state index in [4.69, 9.17) is 5.11 Å². The van der Waals surface area contributed by atoms with E-state index >= 15 is 0 Å². The number of carbonyl (C=O) groups is 2. The Morgan fingerprint density at radius 1 is 1.64 bits per heavy atom. The van der Waals surface area contributed by atoms with Crippen molar-refractivity contribution in [3.8, 4) is 0 Å². The average molecular weight is 198 g/mol. The number of carboxylic acids is 1. The van der Waals surface area contributed by atoms with Crippen molar-refractivity contribution in [1.29, 1.82) is 0 Å². The van der Waals surface area contributed by atoms with Crippen LogP contribution in [0.25, 0.3) is 0 Å². The van der Waals surface area contributed by atoms with Gasteiger partial charge in [0.1, 0.15) is 6.04 Å². The minimum absolute atomic E-state index is 0.0978. The van der Waals surface area contributed by atoms with Gasteiger partial charge in [-0.2, -0.15) is 5.10 Å². The summed E-state index contributed by atoms with van der Waals surface area (Å²) >= 11 is 0. The van der Waals surface area contributed by atoms with E-state index in [0.29, 0.717) is 0 Å². The highest BCUT2D eigenvalue weighted by molar-refractivity contribution is 5.87. The minimum Gasteiger partial charge on any atom is -0.480 e. The molecule has 0 amide bonds. The Bertz CT molecular complexity index is 358. The number of carbonyl (C=O) groups excluding carboxylic acids is 1. The number of rotatable bonds is 3. The Morgan fingerprint density at radius 2 is 2.29 bits per heavy atom. The summed E-state index contributed by atoms with van der Waals surface area (Å²) in [5, 5.41) is 12.4. The van der Waals surface area contributed by atoms with Crippen LogP contribution < -0.4 is 0 Å². The van der Waals surface area contributed by atoms with Gasteiger partial charge in [0.2, 0.25) is 0 Å². The zero-order chi connectivity index (χ0) is 10.7.